The van der Waals surface area contributed by atoms with Gasteiger partial charge < -0.3 is 15.8 Å². The number of nitrogens with zero attached hydrogens (tertiary/aromatic N) is 1. The predicted octanol–water partition coefficient (Wildman–Crippen LogP) is 5.31. The average molecular weight is 409 g/mol. The number of hydrogen-bond acceptors (Lipinski definition) is 4. The van der Waals surface area contributed by atoms with Gasteiger partial charge in [-0.3, -0.25) is 5.10 Å². The number of rotatable bonds is 4. The molecule has 0 fully saturated rings. The Balaban J connectivity index is 0.000000192. The molecule has 0 amide bonds. The summed E-state index contributed by atoms with van der Waals surface area (Å²) in [6, 6.07) is 9.02. The van der Waals surface area contributed by atoms with Crippen molar-refractivity contribution in [3.63, 3.8) is 0 Å². The van der Waals surface area contributed by atoms with Gasteiger partial charge >= 0.3 is 5.97 Å². The van der Waals surface area contributed by atoms with Gasteiger partial charge in [-0.15, -0.1) is 11.3 Å². The Kier molecular flexibility index (Phi) is 5.78. The predicted molar refractivity (Wildman–Crippen MR) is 118 cm³/mol. The monoisotopic (exact) mass is 408 g/mol. The molecular formula is C22H24N4O2S. The molecule has 0 saturated carbocycles. The summed E-state index contributed by atoms with van der Waals surface area (Å²) >= 11 is 1.63. The maximum Gasteiger partial charge on any atom is 0.335 e. The third kappa shape index (κ3) is 4.26. The minimum Gasteiger partial charge on any atom is -0.478 e. The Hall–Kier alpha value is -2.90. The van der Waals surface area contributed by atoms with Gasteiger partial charge in [0.05, 0.1) is 21.5 Å². The van der Waals surface area contributed by atoms with Gasteiger partial charge in [-0.05, 0) is 68.3 Å². The lowest BCUT2D eigenvalue weighted by molar-refractivity contribution is 0.0697. The van der Waals surface area contributed by atoms with Gasteiger partial charge in [0.15, 0.2) is 0 Å². The fourth-order valence-corrected chi connectivity index (χ4v) is 4.48. The van der Waals surface area contributed by atoms with E-state index in [2.05, 4.69) is 21.3 Å². The van der Waals surface area contributed by atoms with Crippen LogP contribution in [0.2, 0.25) is 0 Å². The second kappa shape index (κ2) is 8.63. The number of allylic oxidation sites excluding steroid dienone is 1. The molecule has 3 heterocycles. The quantitative estimate of drug-likeness (QED) is 0.343. The van der Waals surface area contributed by atoms with Crippen molar-refractivity contribution in [3.05, 3.63) is 52.9 Å². The summed E-state index contributed by atoms with van der Waals surface area (Å²) < 4.78 is 1.09. The molecule has 4 aromatic rings. The van der Waals surface area contributed by atoms with Crippen molar-refractivity contribution >= 4 is 38.4 Å². The molecule has 0 atom stereocenters. The van der Waals surface area contributed by atoms with E-state index in [4.69, 9.17) is 10.8 Å². The fraction of sp³-hybridized carbons (Fsp3) is 0.273. The summed E-state index contributed by atoms with van der Waals surface area (Å²) in [5.74, 6) is -0.927. The van der Waals surface area contributed by atoms with Crippen LogP contribution in [0.15, 0.2) is 47.4 Å². The van der Waals surface area contributed by atoms with Crippen molar-refractivity contribution in [3.8, 4) is 11.4 Å². The Morgan fingerprint density at radius 3 is 2.86 bits per heavy atom. The van der Waals surface area contributed by atoms with E-state index in [1.54, 1.807) is 35.1 Å². The second-order valence-electron chi connectivity index (χ2n) is 7.17. The summed E-state index contributed by atoms with van der Waals surface area (Å²) in [6.45, 7) is 0.825. The lowest BCUT2D eigenvalue weighted by atomic mass is 9.97. The summed E-state index contributed by atoms with van der Waals surface area (Å²) in [4.78, 5) is 14.2. The van der Waals surface area contributed by atoms with Crippen molar-refractivity contribution in [2.24, 2.45) is 5.73 Å². The SMILES string of the molecule is NCCC1=CCCCC1.O=C(O)c1ccc2cc(-c3n[nH]c4ccsc34)[nH]c2c1. The van der Waals surface area contributed by atoms with Gasteiger partial charge in [0.1, 0.15) is 5.69 Å². The van der Waals surface area contributed by atoms with Gasteiger partial charge in [0, 0.05) is 10.9 Å². The number of benzene rings is 1. The molecule has 0 aliphatic heterocycles. The highest BCUT2D eigenvalue weighted by atomic mass is 32.1. The zero-order chi connectivity index (χ0) is 20.2. The molecule has 0 radical (unpaired) electrons. The smallest absolute Gasteiger partial charge is 0.335 e. The first-order valence-corrected chi connectivity index (χ1v) is 10.7. The molecule has 29 heavy (non-hydrogen) atoms. The lowest BCUT2D eigenvalue weighted by Gasteiger charge is -2.10. The zero-order valence-electron chi connectivity index (χ0n) is 16.1. The minimum absolute atomic E-state index is 0.272. The van der Waals surface area contributed by atoms with Crippen molar-refractivity contribution in [2.45, 2.75) is 32.1 Å². The molecule has 0 bridgehead atoms. The number of hydrogen-bond donors (Lipinski definition) is 4. The van der Waals surface area contributed by atoms with Crippen LogP contribution >= 0.6 is 11.3 Å². The summed E-state index contributed by atoms with van der Waals surface area (Å²) in [5, 5.41) is 19.3. The lowest BCUT2D eigenvalue weighted by Crippen LogP contribution is -2.02. The Morgan fingerprint density at radius 2 is 2.10 bits per heavy atom. The zero-order valence-corrected chi connectivity index (χ0v) is 16.9. The van der Waals surface area contributed by atoms with Crippen LogP contribution in [0.3, 0.4) is 0 Å². The number of aromatic carboxylic acids is 1. The van der Waals surface area contributed by atoms with E-state index >= 15 is 0 Å². The number of carboxylic acids is 1. The highest BCUT2D eigenvalue weighted by Gasteiger charge is 2.13. The van der Waals surface area contributed by atoms with Crippen LogP contribution in [-0.2, 0) is 0 Å². The molecular weight excluding hydrogens is 384 g/mol. The largest absolute Gasteiger partial charge is 0.478 e. The molecule has 1 aliphatic carbocycles. The molecule has 1 aromatic carbocycles. The normalized spacial score (nSPS) is 13.9. The van der Waals surface area contributed by atoms with Gasteiger partial charge in [-0.1, -0.05) is 17.7 Å². The molecule has 7 heteroatoms. The molecule has 0 saturated heterocycles. The minimum atomic E-state index is -0.927. The van der Waals surface area contributed by atoms with Crippen molar-refractivity contribution in [1.82, 2.24) is 15.2 Å². The number of H-pyrrole nitrogens is 2. The summed E-state index contributed by atoms with van der Waals surface area (Å²) in [6.07, 6.45) is 8.84. The van der Waals surface area contributed by atoms with E-state index in [0.29, 0.717) is 0 Å². The molecule has 0 spiro atoms. The molecule has 5 rings (SSSR count). The van der Waals surface area contributed by atoms with Crippen LogP contribution in [0, 0.1) is 0 Å². The first kappa shape index (κ1) is 19.4. The number of aromatic amines is 2. The van der Waals surface area contributed by atoms with Gasteiger partial charge in [-0.25, -0.2) is 4.79 Å². The van der Waals surface area contributed by atoms with Gasteiger partial charge in [0.25, 0.3) is 0 Å². The third-order valence-electron chi connectivity index (χ3n) is 5.14. The topological polar surface area (TPSA) is 108 Å². The van der Waals surface area contributed by atoms with Crippen LogP contribution in [0.1, 0.15) is 42.5 Å². The van der Waals surface area contributed by atoms with Gasteiger partial charge in [-0.2, -0.15) is 5.10 Å². The Bertz CT molecular complexity index is 1170. The van der Waals surface area contributed by atoms with E-state index in [1.165, 1.54) is 25.7 Å². The van der Waals surface area contributed by atoms with E-state index in [9.17, 15) is 4.79 Å². The second-order valence-corrected chi connectivity index (χ2v) is 8.09. The Labute approximate surface area is 172 Å². The van der Waals surface area contributed by atoms with E-state index in [0.717, 1.165) is 45.5 Å². The number of thiophene rings is 1. The molecule has 150 valence electrons. The maximum atomic E-state index is 11.0. The van der Waals surface area contributed by atoms with Crippen molar-refractivity contribution in [2.75, 3.05) is 6.54 Å². The van der Waals surface area contributed by atoms with E-state index in [1.807, 2.05) is 17.5 Å². The number of fused-ring (bicyclic) bond motifs is 2. The molecule has 5 N–H and O–H groups in total. The first-order chi connectivity index (χ1) is 14.2. The van der Waals surface area contributed by atoms with Crippen LogP contribution in [0.25, 0.3) is 32.5 Å². The van der Waals surface area contributed by atoms with Gasteiger partial charge in [0.2, 0.25) is 0 Å². The third-order valence-corrected chi connectivity index (χ3v) is 6.06. The summed E-state index contributed by atoms with van der Waals surface area (Å²) in [5.41, 5.74) is 10.8. The number of nitrogens with two attached hydrogens (primary N) is 1. The molecule has 0 unspecified atom stereocenters. The highest BCUT2D eigenvalue weighted by molar-refractivity contribution is 7.17. The first-order valence-electron chi connectivity index (χ1n) is 9.81. The van der Waals surface area contributed by atoms with Crippen LogP contribution < -0.4 is 5.73 Å². The van der Waals surface area contributed by atoms with Crippen molar-refractivity contribution < 1.29 is 9.90 Å². The Morgan fingerprint density at radius 1 is 1.21 bits per heavy atom. The van der Waals surface area contributed by atoms with Crippen LogP contribution in [0.5, 0.6) is 0 Å². The molecule has 3 aromatic heterocycles. The maximum absolute atomic E-state index is 11.0. The molecule has 1 aliphatic rings. The number of carboxylic acid groups (broad SMARTS) is 1. The number of nitrogens with one attached hydrogen (secondary N) is 2. The van der Waals surface area contributed by atoms with E-state index < -0.39 is 5.97 Å². The van der Waals surface area contributed by atoms with Crippen molar-refractivity contribution in [1.29, 1.82) is 0 Å². The van der Waals surface area contributed by atoms with Crippen LogP contribution in [0.4, 0.5) is 0 Å². The number of aromatic nitrogens is 3. The highest BCUT2D eigenvalue weighted by Crippen LogP contribution is 2.31. The number of carbonyl (C=O) groups is 1. The average Bonchev–Trinajstić information content (AvgIpc) is 3.44. The summed E-state index contributed by atoms with van der Waals surface area (Å²) in [7, 11) is 0. The molecule has 6 nitrogen and oxygen atoms in total. The standard InChI is InChI=1S/C14H9N3O2S.C8H15N/c18-14(19)8-2-1-7-5-11(15-10(7)6-8)12-13-9(16-17-12)3-4-20-13;9-7-6-8-4-2-1-3-5-8/h1-6,15H,(H,16,17)(H,18,19);4H,1-3,5-7,9H2. The fourth-order valence-electron chi connectivity index (χ4n) is 3.63. The van der Waals surface area contributed by atoms with Crippen LogP contribution in [-0.4, -0.2) is 32.8 Å². The van der Waals surface area contributed by atoms with E-state index in [-0.39, 0.29) is 5.56 Å².